The van der Waals surface area contributed by atoms with E-state index in [0.717, 1.165) is 6.42 Å². The SMILES string of the molecule is CC1(N)C=CC=CC1. The van der Waals surface area contributed by atoms with E-state index in [2.05, 4.69) is 6.08 Å². The predicted molar refractivity (Wildman–Crippen MR) is 35.5 cm³/mol. The van der Waals surface area contributed by atoms with Gasteiger partial charge in [0.1, 0.15) is 0 Å². The highest BCUT2D eigenvalue weighted by molar-refractivity contribution is 5.18. The summed E-state index contributed by atoms with van der Waals surface area (Å²) in [5.41, 5.74) is 5.65. The molecule has 0 fully saturated rings. The third-order valence-electron chi connectivity index (χ3n) is 1.28. The average molecular weight is 109 g/mol. The number of allylic oxidation sites excluding steroid dienone is 2. The van der Waals surface area contributed by atoms with Crippen molar-refractivity contribution < 1.29 is 0 Å². The Bertz CT molecular complexity index is 131. The maximum atomic E-state index is 5.74. The van der Waals surface area contributed by atoms with Crippen molar-refractivity contribution in [2.75, 3.05) is 0 Å². The van der Waals surface area contributed by atoms with Crippen LogP contribution in [0.2, 0.25) is 0 Å². The molecule has 1 atom stereocenters. The largest absolute Gasteiger partial charge is 0.322 e. The molecule has 0 aromatic heterocycles. The van der Waals surface area contributed by atoms with Gasteiger partial charge in [0.25, 0.3) is 0 Å². The molecule has 0 saturated heterocycles. The number of nitrogens with two attached hydrogens (primary N) is 1. The van der Waals surface area contributed by atoms with Gasteiger partial charge in [-0.1, -0.05) is 24.3 Å². The fraction of sp³-hybridized carbons (Fsp3) is 0.429. The maximum Gasteiger partial charge on any atom is 0.0348 e. The highest BCUT2D eigenvalue weighted by Crippen LogP contribution is 2.11. The first kappa shape index (κ1) is 5.57. The van der Waals surface area contributed by atoms with Gasteiger partial charge in [-0.05, 0) is 13.3 Å². The van der Waals surface area contributed by atoms with Crippen LogP contribution < -0.4 is 5.73 Å². The van der Waals surface area contributed by atoms with Crippen LogP contribution in [0.1, 0.15) is 13.3 Å². The molecular weight excluding hydrogens is 98.1 g/mol. The first-order valence-electron chi connectivity index (χ1n) is 2.84. The van der Waals surface area contributed by atoms with E-state index in [1.807, 2.05) is 25.2 Å². The molecule has 1 heteroatoms. The smallest absolute Gasteiger partial charge is 0.0348 e. The summed E-state index contributed by atoms with van der Waals surface area (Å²) < 4.78 is 0. The molecule has 0 saturated carbocycles. The molecule has 0 heterocycles. The number of rotatable bonds is 0. The van der Waals surface area contributed by atoms with Gasteiger partial charge in [-0.2, -0.15) is 0 Å². The van der Waals surface area contributed by atoms with E-state index in [1.54, 1.807) is 0 Å². The predicted octanol–water partition coefficient (Wildman–Crippen LogP) is 1.22. The van der Waals surface area contributed by atoms with Gasteiger partial charge in [0, 0.05) is 5.54 Å². The van der Waals surface area contributed by atoms with E-state index in [4.69, 9.17) is 5.73 Å². The summed E-state index contributed by atoms with van der Waals surface area (Å²) in [6, 6.07) is 0. The van der Waals surface area contributed by atoms with Crippen molar-refractivity contribution in [1.29, 1.82) is 0 Å². The quantitative estimate of drug-likeness (QED) is 0.497. The Labute approximate surface area is 49.9 Å². The van der Waals surface area contributed by atoms with Gasteiger partial charge in [-0.15, -0.1) is 0 Å². The van der Waals surface area contributed by atoms with Crippen LogP contribution >= 0.6 is 0 Å². The zero-order valence-corrected chi connectivity index (χ0v) is 5.09. The lowest BCUT2D eigenvalue weighted by Gasteiger charge is -2.19. The molecule has 0 spiro atoms. The summed E-state index contributed by atoms with van der Waals surface area (Å²) in [5, 5.41) is 0. The van der Waals surface area contributed by atoms with Crippen LogP contribution in [0, 0.1) is 0 Å². The van der Waals surface area contributed by atoms with Crippen LogP contribution in [-0.2, 0) is 0 Å². The molecule has 0 radical (unpaired) electrons. The van der Waals surface area contributed by atoms with E-state index in [9.17, 15) is 0 Å². The van der Waals surface area contributed by atoms with Gasteiger partial charge in [-0.25, -0.2) is 0 Å². The van der Waals surface area contributed by atoms with E-state index in [-0.39, 0.29) is 5.54 Å². The molecule has 1 aliphatic rings. The van der Waals surface area contributed by atoms with Crippen molar-refractivity contribution in [3.8, 4) is 0 Å². The van der Waals surface area contributed by atoms with Gasteiger partial charge in [-0.3, -0.25) is 0 Å². The normalized spacial score (nSPS) is 35.8. The number of hydrogen-bond acceptors (Lipinski definition) is 1. The Kier molecular flexibility index (Phi) is 1.22. The highest BCUT2D eigenvalue weighted by Gasteiger charge is 2.12. The van der Waals surface area contributed by atoms with Crippen molar-refractivity contribution in [2.45, 2.75) is 18.9 Å². The minimum atomic E-state index is -0.0885. The minimum Gasteiger partial charge on any atom is -0.322 e. The Morgan fingerprint density at radius 2 is 2.25 bits per heavy atom. The van der Waals surface area contributed by atoms with E-state index in [0.29, 0.717) is 0 Å². The van der Waals surface area contributed by atoms with Crippen molar-refractivity contribution in [3.63, 3.8) is 0 Å². The fourth-order valence-corrected chi connectivity index (χ4v) is 0.744. The van der Waals surface area contributed by atoms with Gasteiger partial charge < -0.3 is 5.73 Å². The summed E-state index contributed by atoms with van der Waals surface area (Å²) in [5.74, 6) is 0. The van der Waals surface area contributed by atoms with Crippen molar-refractivity contribution >= 4 is 0 Å². The van der Waals surface area contributed by atoms with Gasteiger partial charge in [0.05, 0.1) is 0 Å². The minimum absolute atomic E-state index is 0.0885. The van der Waals surface area contributed by atoms with E-state index < -0.39 is 0 Å². The van der Waals surface area contributed by atoms with E-state index in [1.165, 1.54) is 0 Å². The molecule has 1 nitrogen and oxygen atoms in total. The van der Waals surface area contributed by atoms with Crippen LogP contribution in [-0.4, -0.2) is 5.54 Å². The first-order chi connectivity index (χ1) is 3.71. The molecule has 0 aromatic carbocycles. The summed E-state index contributed by atoms with van der Waals surface area (Å²) in [6.07, 6.45) is 9.08. The average Bonchev–Trinajstić information content (AvgIpc) is 1.65. The monoisotopic (exact) mass is 109 g/mol. The van der Waals surface area contributed by atoms with E-state index >= 15 is 0 Å². The fourth-order valence-electron chi connectivity index (χ4n) is 0.744. The molecule has 1 unspecified atom stereocenters. The maximum absolute atomic E-state index is 5.74. The van der Waals surface area contributed by atoms with Crippen molar-refractivity contribution in [1.82, 2.24) is 0 Å². The Morgan fingerprint density at radius 1 is 1.50 bits per heavy atom. The molecule has 0 amide bonds. The molecule has 1 aliphatic carbocycles. The lowest BCUT2D eigenvalue weighted by Crippen LogP contribution is -2.33. The topological polar surface area (TPSA) is 26.0 Å². The summed E-state index contributed by atoms with van der Waals surface area (Å²) >= 11 is 0. The molecule has 44 valence electrons. The second kappa shape index (κ2) is 1.75. The Balaban J connectivity index is 2.65. The summed E-state index contributed by atoms with van der Waals surface area (Å²) in [7, 11) is 0. The van der Waals surface area contributed by atoms with Gasteiger partial charge in [0.15, 0.2) is 0 Å². The van der Waals surface area contributed by atoms with Crippen molar-refractivity contribution in [3.05, 3.63) is 24.3 Å². The van der Waals surface area contributed by atoms with Crippen LogP contribution in [0.15, 0.2) is 24.3 Å². The van der Waals surface area contributed by atoms with Crippen LogP contribution in [0.25, 0.3) is 0 Å². The number of hydrogen-bond donors (Lipinski definition) is 1. The second-order valence-electron chi connectivity index (χ2n) is 2.50. The summed E-state index contributed by atoms with van der Waals surface area (Å²) in [4.78, 5) is 0. The highest BCUT2D eigenvalue weighted by atomic mass is 14.7. The van der Waals surface area contributed by atoms with Crippen LogP contribution in [0.5, 0.6) is 0 Å². The Morgan fingerprint density at radius 3 is 2.50 bits per heavy atom. The van der Waals surface area contributed by atoms with Crippen LogP contribution in [0.4, 0.5) is 0 Å². The Hall–Kier alpha value is -0.560. The first-order valence-corrected chi connectivity index (χ1v) is 2.84. The molecule has 1 rings (SSSR count). The second-order valence-corrected chi connectivity index (χ2v) is 2.50. The molecular formula is C7H11N. The van der Waals surface area contributed by atoms with Crippen molar-refractivity contribution in [2.24, 2.45) is 5.73 Å². The molecule has 2 N–H and O–H groups in total. The zero-order valence-electron chi connectivity index (χ0n) is 5.09. The zero-order chi connectivity index (χ0) is 6.04. The third kappa shape index (κ3) is 1.20. The van der Waals surface area contributed by atoms with Gasteiger partial charge >= 0.3 is 0 Å². The van der Waals surface area contributed by atoms with Crippen LogP contribution in [0.3, 0.4) is 0 Å². The molecule has 0 bridgehead atoms. The lowest BCUT2D eigenvalue weighted by atomic mass is 9.95. The lowest BCUT2D eigenvalue weighted by molar-refractivity contribution is 0.589. The molecule has 0 aliphatic heterocycles. The van der Waals surface area contributed by atoms with Gasteiger partial charge in [0.2, 0.25) is 0 Å². The standard InChI is InChI=1S/C7H11N/c1-7(8)5-3-2-4-6-7/h2-5H,6,8H2,1H3. The molecule has 8 heavy (non-hydrogen) atoms. The molecule has 0 aromatic rings. The summed E-state index contributed by atoms with van der Waals surface area (Å²) in [6.45, 7) is 2.02. The third-order valence-corrected chi connectivity index (χ3v) is 1.28.